The van der Waals surface area contributed by atoms with Crippen molar-refractivity contribution in [1.29, 1.82) is 5.26 Å². The lowest BCUT2D eigenvalue weighted by atomic mass is 9.89. The van der Waals surface area contributed by atoms with Crippen LogP contribution in [-0.2, 0) is 6.42 Å². The largest absolute Gasteiger partial charge is 0.391 e. The Labute approximate surface area is 75.6 Å². The van der Waals surface area contributed by atoms with Crippen molar-refractivity contribution in [3.63, 3.8) is 0 Å². The van der Waals surface area contributed by atoms with Gasteiger partial charge in [0.15, 0.2) is 0 Å². The molecule has 0 saturated heterocycles. The summed E-state index contributed by atoms with van der Waals surface area (Å²) in [5, 5.41) is 9.71. The van der Waals surface area contributed by atoms with Gasteiger partial charge in [0.1, 0.15) is 0 Å². The molecular weight excluding hydrogens is 168 g/mol. The van der Waals surface area contributed by atoms with E-state index in [0.717, 1.165) is 24.3 Å². The average Bonchev–Trinajstić information content (AvgIpc) is 2.44. The van der Waals surface area contributed by atoms with Crippen LogP contribution in [0.1, 0.15) is 29.2 Å². The number of hydrogen-bond donors (Lipinski definition) is 1. The highest BCUT2D eigenvalue weighted by atomic mass is 32.1. The van der Waals surface area contributed by atoms with Gasteiger partial charge in [-0.1, -0.05) is 0 Å². The molecule has 1 heterocycles. The van der Waals surface area contributed by atoms with Crippen molar-refractivity contribution < 1.29 is 0 Å². The third-order valence-corrected chi connectivity index (χ3v) is 3.33. The zero-order valence-electron chi connectivity index (χ0n) is 6.71. The zero-order valence-corrected chi connectivity index (χ0v) is 7.53. The fraction of sp³-hybridized carbons (Fsp3) is 0.444. The molecule has 2 rings (SSSR count). The molecule has 0 saturated carbocycles. The van der Waals surface area contributed by atoms with E-state index in [1.54, 1.807) is 11.3 Å². The van der Waals surface area contributed by atoms with E-state index >= 15 is 0 Å². The fourth-order valence-corrected chi connectivity index (χ4v) is 2.75. The van der Waals surface area contributed by atoms with Crippen LogP contribution < -0.4 is 5.73 Å². The Morgan fingerprint density at radius 3 is 3.25 bits per heavy atom. The maximum atomic E-state index is 8.86. The van der Waals surface area contributed by atoms with Gasteiger partial charge < -0.3 is 5.73 Å². The van der Waals surface area contributed by atoms with Crippen LogP contribution in [-0.4, -0.2) is 0 Å². The molecule has 2 nitrogen and oxygen atoms in total. The van der Waals surface area contributed by atoms with E-state index < -0.39 is 0 Å². The predicted molar refractivity (Wildman–Crippen MR) is 50.0 cm³/mol. The molecule has 0 bridgehead atoms. The highest BCUT2D eigenvalue weighted by Gasteiger charge is 2.21. The van der Waals surface area contributed by atoms with E-state index in [9.17, 15) is 0 Å². The number of nitrogens with two attached hydrogens (primary N) is 1. The summed E-state index contributed by atoms with van der Waals surface area (Å²) in [5.74, 6) is 0.0994. The van der Waals surface area contributed by atoms with Crippen molar-refractivity contribution in [3.8, 4) is 6.07 Å². The first-order chi connectivity index (χ1) is 5.81. The number of aryl methyl sites for hydroxylation is 1. The first-order valence-electron chi connectivity index (χ1n) is 4.09. The van der Waals surface area contributed by atoms with E-state index in [4.69, 9.17) is 11.0 Å². The van der Waals surface area contributed by atoms with Gasteiger partial charge in [0.25, 0.3) is 0 Å². The van der Waals surface area contributed by atoms with Gasteiger partial charge in [-0.2, -0.15) is 5.26 Å². The summed E-state index contributed by atoms with van der Waals surface area (Å²) in [7, 11) is 0. The molecule has 62 valence electrons. The fourth-order valence-electron chi connectivity index (χ4n) is 1.71. The Hall–Kier alpha value is -1.01. The minimum absolute atomic E-state index is 0.0994. The normalized spacial score (nSPS) is 21.4. The van der Waals surface area contributed by atoms with Crippen molar-refractivity contribution in [2.24, 2.45) is 0 Å². The highest BCUT2D eigenvalue weighted by molar-refractivity contribution is 7.16. The molecule has 1 atom stereocenters. The summed E-state index contributed by atoms with van der Waals surface area (Å²) in [4.78, 5) is 1.32. The molecule has 1 aromatic rings. The molecule has 0 fully saturated rings. The maximum Gasteiger partial charge on any atom is 0.0862 e. The standard InChI is InChI=1S/C9H10N2S/c10-5-6-2-1-3-8-7(6)4-9(11)12-8/h4,6H,1-3,11H2. The SMILES string of the molecule is N#CC1CCCc2sc(N)cc21. The molecule has 2 N–H and O–H groups in total. The maximum absolute atomic E-state index is 8.86. The van der Waals surface area contributed by atoms with Gasteiger partial charge in [0, 0.05) is 4.88 Å². The number of rotatable bonds is 0. The molecule has 1 aromatic heterocycles. The van der Waals surface area contributed by atoms with E-state index in [0.29, 0.717) is 0 Å². The molecule has 1 unspecified atom stereocenters. The number of hydrogen-bond acceptors (Lipinski definition) is 3. The van der Waals surface area contributed by atoms with Gasteiger partial charge in [-0.3, -0.25) is 0 Å². The van der Waals surface area contributed by atoms with Gasteiger partial charge >= 0.3 is 0 Å². The molecule has 0 radical (unpaired) electrons. The second kappa shape index (κ2) is 2.80. The van der Waals surface area contributed by atoms with Gasteiger partial charge in [-0.15, -0.1) is 11.3 Å². The number of nitrogen functional groups attached to an aromatic ring is 1. The van der Waals surface area contributed by atoms with Crippen molar-refractivity contribution in [3.05, 3.63) is 16.5 Å². The van der Waals surface area contributed by atoms with Crippen LogP contribution in [0.2, 0.25) is 0 Å². The Balaban J connectivity index is 2.45. The summed E-state index contributed by atoms with van der Waals surface area (Å²) in [5.41, 5.74) is 6.87. The van der Waals surface area contributed by atoms with Gasteiger partial charge in [0.05, 0.1) is 17.0 Å². The quantitative estimate of drug-likeness (QED) is 0.662. The van der Waals surface area contributed by atoms with Gasteiger partial charge in [0.2, 0.25) is 0 Å². The lowest BCUT2D eigenvalue weighted by Gasteiger charge is -2.15. The molecule has 0 aliphatic heterocycles. The van der Waals surface area contributed by atoms with Crippen LogP contribution in [0.4, 0.5) is 5.00 Å². The summed E-state index contributed by atoms with van der Waals surface area (Å²) in [6.45, 7) is 0. The summed E-state index contributed by atoms with van der Waals surface area (Å²) in [6.07, 6.45) is 3.24. The topological polar surface area (TPSA) is 49.8 Å². The van der Waals surface area contributed by atoms with E-state index in [-0.39, 0.29) is 5.92 Å². The van der Waals surface area contributed by atoms with E-state index in [2.05, 4.69) is 6.07 Å². The second-order valence-electron chi connectivity index (χ2n) is 3.10. The van der Waals surface area contributed by atoms with Crippen LogP contribution >= 0.6 is 11.3 Å². The van der Waals surface area contributed by atoms with Gasteiger partial charge in [-0.05, 0) is 30.9 Å². The minimum Gasteiger partial charge on any atom is -0.391 e. The third-order valence-electron chi connectivity index (χ3n) is 2.29. The van der Waals surface area contributed by atoms with Crippen molar-refractivity contribution in [1.82, 2.24) is 0 Å². The first kappa shape index (κ1) is 7.63. The highest BCUT2D eigenvalue weighted by Crippen LogP contribution is 2.37. The van der Waals surface area contributed by atoms with Crippen molar-refractivity contribution in [2.45, 2.75) is 25.2 Å². The zero-order chi connectivity index (χ0) is 8.55. The Morgan fingerprint density at radius 2 is 2.50 bits per heavy atom. The van der Waals surface area contributed by atoms with Gasteiger partial charge in [-0.25, -0.2) is 0 Å². The second-order valence-corrected chi connectivity index (χ2v) is 4.27. The summed E-state index contributed by atoms with van der Waals surface area (Å²) < 4.78 is 0. The number of nitriles is 1. The number of anilines is 1. The van der Waals surface area contributed by atoms with Crippen molar-refractivity contribution in [2.75, 3.05) is 5.73 Å². The lowest BCUT2D eigenvalue weighted by Crippen LogP contribution is -2.04. The smallest absolute Gasteiger partial charge is 0.0862 e. The molecule has 0 spiro atoms. The van der Waals surface area contributed by atoms with Crippen LogP contribution in [0.25, 0.3) is 0 Å². The van der Waals surface area contributed by atoms with Crippen LogP contribution in [0.15, 0.2) is 6.07 Å². The molecular formula is C9H10N2S. The van der Waals surface area contributed by atoms with Crippen LogP contribution in [0.5, 0.6) is 0 Å². The predicted octanol–water partition coefficient (Wildman–Crippen LogP) is 2.27. The summed E-state index contributed by atoms with van der Waals surface area (Å²) >= 11 is 1.64. The minimum atomic E-state index is 0.0994. The van der Waals surface area contributed by atoms with Crippen molar-refractivity contribution >= 4 is 16.3 Å². The molecule has 0 aromatic carbocycles. The molecule has 0 amide bonds. The lowest BCUT2D eigenvalue weighted by molar-refractivity contribution is 0.646. The van der Waals surface area contributed by atoms with E-state index in [1.807, 2.05) is 6.07 Å². The molecule has 12 heavy (non-hydrogen) atoms. The number of thiophene rings is 1. The Kier molecular flexibility index (Phi) is 1.78. The molecule has 1 aliphatic carbocycles. The average molecular weight is 178 g/mol. The first-order valence-corrected chi connectivity index (χ1v) is 4.90. The van der Waals surface area contributed by atoms with Crippen LogP contribution in [0, 0.1) is 11.3 Å². The molecule has 1 aliphatic rings. The Morgan fingerprint density at radius 1 is 1.67 bits per heavy atom. The Bertz CT molecular complexity index is 335. The van der Waals surface area contributed by atoms with Crippen LogP contribution in [0.3, 0.4) is 0 Å². The number of nitrogens with zero attached hydrogens (tertiary/aromatic N) is 1. The third kappa shape index (κ3) is 1.09. The molecule has 3 heteroatoms. The number of fused-ring (bicyclic) bond motifs is 1. The van der Waals surface area contributed by atoms with E-state index in [1.165, 1.54) is 10.4 Å². The summed E-state index contributed by atoms with van der Waals surface area (Å²) in [6, 6.07) is 4.29. The monoisotopic (exact) mass is 178 g/mol.